The van der Waals surface area contributed by atoms with Crippen LogP contribution in [0.5, 0.6) is 0 Å². The first-order chi connectivity index (χ1) is 9.87. The third-order valence-corrected chi connectivity index (χ3v) is 6.11. The minimum Gasteiger partial charge on any atom is -0.481 e. The Bertz CT molecular complexity index is 491. The topological polar surface area (TPSA) is 113 Å². The number of amides is 2. The van der Waals surface area contributed by atoms with Gasteiger partial charge in [-0.05, 0) is 31.6 Å². The zero-order valence-corrected chi connectivity index (χ0v) is 12.7. The van der Waals surface area contributed by atoms with Gasteiger partial charge in [-0.3, -0.25) is 4.79 Å². The van der Waals surface area contributed by atoms with Gasteiger partial charge in [0, 0.05) is 12.6 Å². The number of carboxylic acid groups (broad SMARTS) is 1. The smallest absolute Gasteiger partial charge is 0.315 e. The average molecular weight is 318 g/mol. The Morgan fingerprint density at radius 1 is 1.10 bits per heavy atom. The Labute approximate surface area is 124 Å². The summed E-state index contributed by atoms with van der Waals surface area (Å²) in [5.74, 6) is -0.953. The lowest BCUT2D eigenvalue weighted by Crippen LogP contribution is -2.47. The minimum atomic E-state index is -2.93. The van der Waals surface area contributed by atoms with Crippen LogP contribution in [0.15, 0.2) is 0 Å². The van der Waals surface area contributed by atoms with E-state index in [2.05, 4.69) is 10.6 Å². The van der Waals surface area contributed by atoms with Gasteiger partial charge in [0.1, 0.15) is 9.84 Å². The van der Waals surface area contributed by atoms with Crippen LogP contribution in [0.2, 0.25) is 0 Å². The first-order valence-electron chi connectivity index (χ1n) is 7.35. The van der Waals surface area contributed by atoms with Crippen LogP contribution in [0, 0.1) is 11.8 Å². The molecule has 8 heteroatoms. The molecule has 2 amide bonds. The van der Waals surface area contributed by atoms with E-state index in [0.29, 0.717) is 25.8 Å². The number of sulfone groups is 1. The molecule has 1 aliphatic carbocycles. The second-order valence-corrected chi connectivity index (χ2v) is 8.22. The number of nitrogens with one attached hydrogen (secondary N) is 2. The lowest BCUT2D eigenvalue weighted by atomic mass is 9.96. The molecule has 0 aromatic carbocycles. The fourth-order valence-corrected chi connectivity index (χ4v) is 4.59. The summed E-state index contributed by atoms with van der Waals surface area (Å²) in [6, 6.07) is -0.456. The number of carbonyl (C=O) groups is 2. The molecule has 2 unspecified atom stereocenters. The maximum Gasteiger partial charge on any atom is 0.315 e. The monoisotopic (exact) mass is 318 g/mol. The molecule has 2 aliphatic rings. The number of hydrogen-bond acceptors (Lipinski definition) is 4. The summed E-state index contributed by atoms with van der Waals surface area (Å²) in [6.45, 7) is 0.355. The molecule has 0 spiro atoms. The van der Waals surface area contributed by atoms with Crippen LogP contribution in [-0.4, -0.2) is 49.6 Å². The molecule has 2 rings (SSSR count). The molecule has 0 bridgehead atoms. The molecule has 21 heavy (non-hydrogen) atoms. The highest BCUT2D eigenvalue weighted by Gasteiger charge is 2.33. The van der Waals surface area contributed by atoms with Crippen molar-refractivity contribution in [3.63, 3.8) is 0 Å². The van der Waals surface area contributed by atoms with Gasteiger partial charge in [0.2, 0.25) is 0 Å². The number of carboxylic acids is 1. The van der Waals surface area contributed by atoms with Gasteiger partial charge in [0.15, 0.2) is 0 Å². The largest absolute Gasteiger partial charge is 0.481 e. The van der Waals surface area contributed by atoms with Crippen LogP contribution >= 0.6 is 0 Å². The molecule has 120 valence electrons. The first kappa shape index (κ1) is 16.1. The zero-order valence-electron chi connectivity index (χ0n) is 11.9. The minimum absolute atomic E-state index is 0.0139. The molecule has 1 saturated carbocycles. The van der Waals surface area contributed by atoms with E-state index in [1.165, 1.54) is 0 Å². The Balaban J connectivity index is 1.72. The van der Waals surface area contributed by atoms with E-state index >= 15 is 0 Å². The van der Waals surface area contributed by atoms with Crippen molar-refractivity contribution in [2.75, 3.05) is 18.1 Å². The summed E-state index contributed by atoms with van der Waals surface area (Å²) in [5.41, 5.74) is 0. The predicted molar refractivity (Wildman–Crippen MR) is 76.7 cm³/mol. The summed E-state index contributed by atoms with van der Waals surface area (Å²) in [7, 11) is -2.93. The van der Waals surface area contributed by atoms with Crippen LogP contribution in [0.4, 0.5) is 4.79 Å². The summed E-state index contributed by atoms with van der Waals surface area (Å²) < 4.78 is 22.6. The van der Waals surface area contributed by atoms with E-state index < -0.39 is 15.8 Å². The number of aliphatic carboxylic acids is 1. The van der Waals surface area contributed by atoms with Gasteiger partial charge in [-0.15, -0.1) is 0 Å². The Hall–Kier alpha value is -1.31. The standard InChI is InChI=1S/C13H22N2O5S/c16-12(17)11-3-1-2-9(11)8-14-13(18)15-10-4-6-21(19,20)7-5-10/h9-11H,1-8H2,(H,16,17)(H2,14,15,18). The van der Waals surface area contributed by atoms with E-state index in [4.69, 9.17) is 5.11 Å². The number of hydrogen-bond donors (Lipinski definition) is 3. The van der Waals surface area contributed by atoms with Crippen molar-refractivity contribution in [1.29, 1.82) is 0 Å². The summed E-state index contributed by atoms with van der Waals surface area (Å²) in [4.78, 5) is 22.8. The van der Waals surface area contributed by atoms with E-state index in [9.17, 15) is 18.0 Å². The maximum atomic E-state index is 11.8. The molecular formula is C13H22N2O5S. The summed E-state index contributed by atoms with van der Waals surface area (Å²) >= 11 is 0. The maximum absolute atomic E-state index is 11.8. The van der Waals surface area contributed by atoms with Crippen LogP contribution < -0.4 is 10.6 Å². The highest BCUT2D eigenvalue weighted by Crippen LogP contribution is 2.31. The van der Waals surface area contributed by atoms with Crippen molar-refractivity contribution in [3.8, 4) is 0 Å². The predicted octanol–water partition coefficient (Wildman–Crippen LogP) is 0.364. The van der Waals surface area contributed by atoms with Gasteiger partial charge in [0.25, 0.3) is 0 Å². The fraction of sp³-hybridized carbons (Fsp3) is 0.846. The molecule has 1 saturated heterocycles. The lowest BCUT2D eigenvalue weighted by Gasteiger charge is -2.24. The van der Waals surface area contributed by atoms with Gasteiger partial charge in [0.05, 0.1) is 17.4 Å². The Morgan fingerprint density at radius 3 is 2.38 bits per heavy atom. The van der Waals surface area contributed by atoms with Crippen LogP contribution in [0.1, 0.15) is 32.1 Å². The van der Waals surface area contributed by atoms with Crippen LogP contribution in [0.25, 0.3) is 0 Å². The van der Waals surface area contributed by atoms with Gasteiger partial charge < -0.3 is 15.7 Å². The summed E-state index contributed by atoms with van der Waals surface area (Å²) in [6.07, 6.45) is 3.25. The molecule has 2 fully saturated rings. The van der Waals surface area contributed by atoms with Crippen molar-refractivity contribution >= 4 is 21.8 Å². The van der Waals surface area contributed by atoms with Crippen molar-refractivity contribution < 1.29 is 23.1 Å². The summed E-state index contributed by atoms with van der Waals surface area (Å²) in [5, 5.41) is 14.6. The SMILES string of the molecule is O=C(NCC1CCCC1C(=O)O)NC1CCS(=O)(=O)CC1. The molecule has 0 aromatic heterocycles. The van der Waals surface area contributed by atoms with E-state index in [0.717, 1.165) is 12.8 Å². The third-order valence-electron chi connectivity index (χ3n) is 4.39. The van der Waals surface area contributed by atoms with E-state index in [-0.39, 0.29) is 35.4 Å². The van der Waals surface area contributed by atoms with Crippen molar-refractivity contribution in [3.05, 3.63) is 0 Å². The van der Waals surface area contributed by atoms with Crippen molar-refractivity contribution in [2.24, 2.45) is 11.8 Å². The highest BCUT2D eigenvalue weighted by molar-refractivity contribution is 7.91. The molecule has 1 heterocycles. The van der Waals surface area contributed by atoms with Crippen LogP contribution in [0.3, 0.4) is 0 Å². The zero-order chi connectivity index (χ0) is 15.5. The average Bonchev–Trinajstić information content (AvgIpc) is 2.87. The Morgan fingerprint density at radius 2 is 1.76 bits per heavy atom. The molecule has 1 aliphatic heterocycles. The fourth-order valence-electron chi connectivity index (χ4n) is 3.10. The number of urea groups is 1. The number of carbonyl (C=O) groups excluding carboxylic acids is 1. The molecule has 2 atom stereocenters. The van der Waals surface area contributed by atoms with Crippen LogP contribution in [-0.2, 0) is 14.6 Å². The van der Waals surface area contributed by atoms with E-state index in [1.54, 1.807) is 0 Å². The molecular weight excluding hydrogens is 296 g/mol. The van der Waals surface area contributed by atoms with Gasteiger partial charge in [-0.25, -0.2) is 13.2 Å². The van der Waals surface area contributed by atoms with Crippen molar-refractivity contribution in [1.82, 2.24) is 10.6 Å². The van der Waals surface area contributed by atoms with Gasteiger partial charge in [-0.2, -0.15) is 0 Å². The normalized spacial score (nSPS) is 29.0. The second kappa shape index (κ2) is 6.64. The molecule has 0 aromatic rings. The molecule has 7 nitrogen and oxygen atoms in total. The Kier molecular flexibility index (Phi) is 5.08. The lowest BCUT2D eigenvalue weighted by molar-refractivity contribution is -0.142. The van der Waals surface area contributed by atoms with Gasteiger partial charge >= 0.3 is 12.0 Å². The molecule has 0 radical (unpaired) electrons. The first-order valence-corrected chi connectivity index (χ1v) is 9.17. The van der Waals surface area contributed by atoms with E-state index in [1.807, 2.05) is 0 Å². The third kappa shape index (κ3) is 4.59. The highest BCUT2D eigenvalue weighted by atomic mass is 32.2. The molecule has 3 N–H and O–H groups in total. The van der Waals surface area contributed by atoms with Crippen molar-refractivity contribution in [2.45, 2.75) is 38.1 Å². The van der Waals surface area contributed by atoms with Gasteiger partial charge in [-0.1, -0.05) is 6.42 Å². The quantitative estimate of drug-likeness (QED) is 0.693. The number of rotatable bonds is 4. The second-order valence-electron chi connectivity index (χ2n) is 5.92.